The van der Waals surface area contributed by atoms with Gasteiger partial charge in [-0.25, -0.2) is 0 Å². The molecule has 0 spiro atoms. The largest absolute Gasteiger partial charge is 0.456 e. The van der Waals surface area contributed by atoms with Gasteiger partial charge in [0.1, 0.15) is 11.8 Å². The summed E-state index contributed by atoms with van der Waals surface area (Å²) in [5.41, 5.74) is 1.86. The normalized spacial score (nSPS) is 17.3. The Morgan fingerprint density at radius 1 is 1.17 bits per heavy atom. The molecule has 1 N–H and O–H groups in total. The van der Waals surface area contributed by atoms with Gasteiger partial charge >= 0.3 is 0 Å². The molecule has 1 fully saturated rings. The summed E-state index contributed by atoms with van der Waals surface area (Å²) in [6.07, 6.45) is 0. The number of aryl methyl sites for hydroxylation is 2. The third-order valence-corrected chi connectivity index (χ3v) is 4.73. The standard InChI is InChI=1S/C17H18N2O3S/c1-11-3-6-13(7-4-11)18-16(20)14-9-23-10-19(14)17(21)15-8-5-12(2)22-15/h3-8,14H,9-10H2,1-2H3,(H,18,20). The van der Waals surface area contributed by atoms with Crippen LogP contribution in [0.1, 0.15) is 21.9 Å². The predicted molar refractivity (Wildman–Crippen MR) is 90.5 cm³/mol. The second-order valence-electron chi connectivity index (χ2n) is 5.56. The second kappa shape index (κ2) is 6.50. The fourth-order valence-electron chi connectivity index (χ4n) is 2.41. The van der Waals surface area contributed by atoms with E-state index in [1.165, 1.54) is 0 Å². The van der Waals surface area contributed by atoms with E-state index in [9.17, 15) is 9.59 Å². The molecule has 1 aromatic heterocycles. The number of amides is 2. The van der Waals surface area contributed by atoms with Gasteiger partial charge in [-0.2, -0.15) is 0 Å². The summed E-state index contributed by atoms with van der Waals surface area (Å²) in [5, 5.41) is 2.88. The van der Waals surface area contributed by atoms with Crippen molar-refractivity contribution in [3.05, 3.63) is 53.5 Å². The van der Waals surface area contributed by atoms with Crippen LogP contribution in [0, 0.1) is 13.8 Å². The van der Waals surface area contributed by atoms with E-state index in [0.717, 1.165) is 11.3 Å². The number of rotatable bonds is 3. The summed E-state index contributed by atoms with van der Waals surface area (Å²) >= 11 is 1.56. The van der Waals surface area contributed by atoms with Crippen molar-refractivity contribution in [2.75, 3.05) is 16.9 Å². The van der Waals surface area contributed by atoms with Crippen molar-refractivity contribution in [1.82, 2.24) is 4.90 Å². The molecule has 0 aliphatic carbocycles. The maximum absolute atomic E-state index is 12.5. The van der Waals surface area contributed by atoms with E-state index in [2.05, 4.69) is 5.32 Å². The summed E-state index contributed by atoms with van der Waals surface area (Å²) < 4.78 is 5.39. The fraction of sp³-hybridized carbons (Fsp3) is 0.294. The summed E-state index contributed by atoms with van der Waals surface area (Å²) in [6.45, 7) is 3.78. The highest BCUT2D eigenvalue weighted by Crippen LogP contribution is 2.25. The minimum Gasteiger partial charge on any atom is -0.456 e. The Kier molecular flexibility index (Phi) is 4.43. The molecule has 1 unspecified atom stereocenters. The van der Waals surface area contributed by atoms with Crippen molar-refractivity contribution >= 4 is 29.3 Å². The van der Waals surface area contributed by atoms with Crippen LogP contribution in [0.25, 0.3) is 0 Å². The van der Waals surface area contributed by atoms with Crippen molar-refractivity contribution in [2.45, 2.75) is 19.9 Å². The first-order valence-electron chi connectivity index (χ1n) is 7.37. The maximum Gasteiger partial charge on any atom is 0.290 e. The van der Waals surface area contributed by atoms with Crippen LogP contribution in [-0.2, 0) is 4.79 Å². The summed E-state index contributed by atoms with van der Waals surface area (Å²) in [6, 6.07) is 10.5. The smallest absolute Gasteiger partial charge is 0.290 e. The van der Waals surface area contributed by atoms with Crippen LogP contribution in [-0.4, -0.2) is 34.4 Å². The molecule has 2 amide bonds. The van der Waals surface area contributed by atoms with Crippen molar-refractivity contribution < 1.29 is 14.0 Å². The molecule has 0 saturated carbocycles. The van der Waals surface area contributed by atoms with E-state index in [0.29, 0.717) is 17.4 Å². The van der Waals surface area contributed by atoms with Gasteiger partial charge < -0.3 is 14.6 Å². The van der Waals surface area contributed by atoms with E-state index in [4.69, 9.17) is 4.42 Å². The molecule has 120 valence electrons. The Morgan fingerprint density at radius 2 is 1.91 bits per heavy atom. The first kappa shape index (κ1) is 15.7. The van der Waals surface area contributed by atoms with Gasteiger partial charge in [0.2, 0.25) is 5.91 Å². The first-order chi connectivity index (χ1) is 11.0. The lowest BCUT2D eigenvalue weighted by Crippen LogP contribution is -2.44. The zero-order chi connectivity index (χ0) is 16.4. The van der Waals surface area contributed by atoms with E-state index in [1.54, 1.807) is 35.7 Å². The number of hydrogen-bond donors (Lipinski definition) is 1. The lowest BCUT2D eigenvalue weighted by molar-refractivity contribution is -0.119. The van der Waals surface area contributed by atoms with Crippen LogP contribution in [0.4, 0.5) is 5.69 Å². The molecule has 2 heterocycles. The van der Waals surface area contributed by atoms with Crippen molar-refractivity contribution in [3.63, 3.8) is 0 Å². The molecule has 6 heteroatoms. The molecule has 1 saturated heterocycles. The van der Waals surface area contributed by atoms with Gasteiger partial charge in [0, 0.05) is 11.4 Å². The van der Waals surface area contributed by atoms with Gasteiger partial charge in [0.15, 0.2) is 5.76 Å². The lowest BCUT2D eigenvalue weighted by Gasteiger charge is -2.22. The predicted octanol–water partition coefficient (Wildman–Crippen LogP) is 3.05. The average Bonchev–Trinajstić information content (AvgIpc) is 3.17. The van der Waals surface area contributed by atoms with Gasteiger partial charge in [-0.15, -0.1) is 11.8 Å². The molecule has 1 aromatic carbocycles. The zero-order valence-corrected chi connectivity index (χ0v) is 13.9. The zero-order valence-electron chi connectivity index (χ0n) is 13.0. The van der Waals surface area contributed by atoms with Crippen molar-refractivity contribution in [2.24, 2.45) is 0 Å². The van der Waals surface area contributed by atoms with E-state index in [-0.39, 0.29) is 17.6 Å². The molecule has 0 radical (unpaired) electrons. The monoisotopic (exact) mass is 330 g/mol. The fourth-order valence-corrected chi connectivity index (χ4v) is 3.57. The van der Waals surface area contributed by atoms with Crippen LogP contribution in [0.2, 0.25) is 0 Å². The van der Waals surface area contributed by atoms with E-state index < -0.39 is 6.04 Å². The van der Waals surface area contributed by atoms with E-state index >= 15 is 0 Å². The number of furan rings is 1. The minimum absolute atomic E-state index is 0.171. The van der Waals surface area contributed by atoms with Gasteiger partial charge in [0.05, 0.1) is 5.88 Å². The quantitative estimate of drug-likeness (QED) is 0.939. The highest BCUT2D eigenvalue weighted by molar-refractivity contribution is 7.99. The molecular weight excluding hydrogens is 312 g/mol. The van der Waals surface area contributed by atoms with Crippen LogP contribution >= 0.6 is 11.8 Å². The molecule has 1 aliphatic rings. The molecule has 1 aliphatic heterocycles. The van der Waals surface area contributed by atoms with E-state index in [1.807, 2.05) is 31.2 Å². The lowest BCUT2D eigenvalue weighted by atomic mass is 10.2. The highest BCUT2D eigenvalue weighted by atomic mass is 32.2. The number of carbonyl (C=O) groups excluding carboxylic acids is 2. The number of nitrogens with zero attached hydrogens (tertiary/aromatic N) is 1. The number of thioether (sulfide) groups is 1. The molecule has 2 aromatic rings. The Hall–Kier alpha value is -2.21. The van der Waals surface area contributed by atoms with Crippen LogP contribution in [0.15, 0.2) is 40.8 Å². The third kappa shape index (κ3) is 3.42. The summed E-state index contributed by atoms with van der Waals surface area (Å²) in [5.74, 6) is 1.62. The van der Waals surface area contributed by atoms with Gasteiger partial charge in [-0.05, 0) is 38.1 Å². The van der Waals surface area contributed by atoms with Crippen LogP contribution in [0.3, 0.4) is 0 Å². The number of nitrogens with one attached hydrogen (secondary N) is 1. The summed E-state index contributed by atoms with van der Waals surface area (Å²) in [7, 11) is 0. The van der Waals surface area contributed by atoms with Gasteiger partial charge in [0.25, 0.3) is 5.91 Å². The topological polar surface area (TPSA) is 62.6 Å². The number of anilines is 1. The first-order valence-corrected chi connectivity index (χ1v) is 8.53. The minimum atomic E-state index is -0.487. The SMILES string of the molecule is Cc1ccc(NC(=O)C2CSCN2C(=O)c2ccc(C)o2)cc1. The molecular formula is C17H18N2O3S. The average molecular weight is 330 g/mol. The highest BCUT2D eigenvalue weighted by Gasteiger charge is 2.36. The molecule has 23 heavy (non-hydrogen) atoms. The Labute approximate surface area is 139 Å². The Bertz CT molecular complexity index is 724. The molecule has 1 atom stereocenters. The van der Waals surface area contributed by atoms with Gasteiger partial charge in [-0.3, -0.25) is 9.59 Å². The van der Waals surface area contributed by atoms with Crippen molar-refractivity contribution in [1.29, 1.82) is 0 Å². The Morgan fingerprint density at radius 3 is 2.57 bits per heavy atom. The number of benzene rings is 1. The second-order valence-corrected chi connectivity index (χ2v) is 6.56. The Balaban J connectivity index is 1.71. The maximum atomic E-state index is 12.5. The van der Waals surface area contributed by atoms with Crippen LogP contribution in [0.5, 0.6) is 0 Å². The number of carbonyl (C=O) groups is 2. The molecule has 0 bridgehead atoms. The molecule has 3 rings (SSSR count). The molecule has 5 nitrogen and oxygen atoms in total. The van der Waals surface area contributed by atoms with Crippen LogP contribution < -0.4 is 5.32 Å². The third-order valence-electron chi connectivity index (χ3n) is 3.72. The van der Waals surface area contributed by atoms with Crippen molar-refractivity contribution in [3.8, 4) is 0 Å². The number of hydrogen-bond acceptors (Lipinski definition) is 4. The van der Waals surface area contributed by atoms with Gasteiger partial charge in [-0.1, -0.05) is 17.7 Å². The summed E-state index contributed by atoms with van der Waals surface area (Å²) in [4.78, 5) is 26.6.